The maximum atomic E-state index is 12.9. The van der Waals surface area contributed by atoms with Gasteiger partial charge in [0.25, 0.3) is 0 Å². The number of hydrogen-bond donors (Lipinski definition) is 0. The second kappa shape index (κ2) is 30.6. The third kappa shape index (κ3) is 23.5. The van der Waals surface area contributed by atoms with Gasteiger partial charge in [0.2, 0.25) is 0 Å². The van der Waals surface area contributed by atoms with Crippen LogP contribution < -0.4 is 29.6 Å². The number of allylic oxidation sites excluding steroid dienone is 4. The molecule has 9 heteroatoms. The monoisotopic (exact) mass is 684 g/mol. The second-order valence-corrected chi connectivity index (χ2v) is 13.5. The summed E-state index contributed by atoms with van der Waals surface area (Å²) in [7, 11) is -5.01. The molecule has 1 rings (SSSR count). The zero-order valence-electron chi connectivity index (χ0n) is 29.8. The van der Waals surface area contributed by atoms with Crippen molar-refractivity contribution in [1.29, 1.82) is 0 Å². The van der Waals surface area contributed by atoms with Crippen LogP contribution in [0.25, 0.3) is 0 Å². The van der Waals surface area contributed by atoms with E-state index in [1.165, 1.54) is 89.2 Å². The fourth-order valence-corrected chi connectivity index (χ4v) is 5.90. The normalized spacial score (nSPS) is 11.6. The van der Waals surface area contributed by atoms with Crippen molar-refractivity contribution < 1.29 is 61.6 Å². The van der Waals surface area contributed by atoms with Gasteiger partial charge in [-0.25, -0.2) is 18.0 Å². The summed E-state index contributed by atoms with van der Waals surface area (Å²) in [5, 5.41) is 0. The number of unbranched alkanes of at least 4 members (excludes halogenated alkanes) is 18. The number of hydrogen-bond acceptors (Lipinski definition) is 7. The van der Waals surface area contributed by atoms with E-state index >= 15 is 0 Å². The van der Waals surface area contributed by atoms with Gasteiger partial charge in [-0.05, 0) is 63.5 Å². The number of carbonyl (C=O) groups excluding carboxylic acids is 2. The summed E-state index contributed by atoms with van der Waals surface area (Å²) in [6.45, 7) is 4.64. The Labute approximate surface area is 308 Å². The molecule has 0 fully saturated rings. The van der Waals surface area contributed by atoms with E-state index in [1.54, 1.807) is 0 Å². The molecule has 0 aromatic heterocycles. The van der Waals surface area contributed by atoms with Crippen LogP contribution in [-0.2, 0) is 19.6 Å². The predicted octanol–water partition coefficient (Wildman–Crippen LogP) is 7.64. The van der Waals surface area contributed by atoms with Crippen molar-refractivity contribution >= 4 is 22.1 Å². The molecule has 0 saturated heterocycles. The molecule has 47 heavy (non-hydrogen) atoms. The van der Waals surface area contributed by atoms with Crippen LogP contribution in [0.4, 0.5) is 0 Å². The van der Waals surface area contributed by atoms with E-state index in [-0.39, 0.29) is 48.3 Å². The van der Waals surface area contributed by atoms with Crippen molar-refractivity contribution in [2.45, 2.75) is 160 Å². The summed E-state index contributed by atoms with van der Waals surface area (Å²) in [6, 6.07) is 3.59. The summed E-state index contributed by atoms with van der Waals surface area (Å²) in [5.41, 5.74) is -0.794. The molecular formula is C38H61NaO7S. The molecule has 7 nitrogen and oxygen atoms in total. The molecule has 1 aromatic rings. The standard InChI is InChI=1S/C38H62O7S.Na/c1-3-5-7-9-11-13-15-17-19-21-23-25-27-32-44-37(39)34-30-29-31-35(46(41,42)43)36(34)38(40)45-33-28-26-24-22-20-18-16-14-12-10-8-6-4-2;/h9-12,29-31H,3-8,13-28,32-33H2,1-2H3,(H,41,42,43);/q;+1/p-1/b11-9+,12-10+;. The average molecular weight is 685 g/mol. The quantitative estimate of drug-likeness (QED) is 0.0280. The number of ether oxygens (including phenoxy) is 2. The molecule has 0 aliphatic carbocycles. The maximum Gasteiger partial charge on any atom is 1.00 e. The van der Waals surface area contributed by atoms with Crippen LogP contribution in [-0.4, -0.2) is 38.1 Å². The Kier molecular flexibility index (Phi) is 29.7. The van der Waals surface area contributed by atoms with Crippen LogP contribution in [0.15, 0.2) is 47.4 Å². The minimum atomic E-state index is -5.01. The number of esters is 2. The zero-order chi connectivity index (χ0) is 33.7. The van der Waals surface area contributed by atoms with E-state index in [4.69, 9.17) is 9.47 Å². The summed E-state index contributed by atoms with van der Waals surface area (Å²) in [4.78, 5) is 25.0. The molecule has 0 N–H and O–H groups in total. The van der Waals surface area contributed by atoms with Crippen LogP contribution in [0, 0.1) is 0 Å². The van der Waals surface area contributed by atoms with Crippen molar-refractivity contribution in [3.8, 4) is 0 Å². The van der Waals surface area contributed by atoms with E-state index < -0.39 is 32.5 Å². The largest absolute Gasteiger partial charge is 1.00 e. The first-order valence-electron chi connectivity index (χ1n) is 18.1. The van der Waals surface area contributed by atoms with Gasteiger partial charge in [0, 0.05) is 0 Å². The number of carbonyl (C=O) groups is 2. The van der Waals surface area contributed by atoms with Crippen LogP contribution in [0.1, 0.15) is 176 Å². The van der Waals surface area contributed by atoms with Crippen molar-refractivity contribution in [3.05, 3.63) is 53.6 Å². The molecule has 0 saturated carbocycles. The first-order chi connectivity index (χ1) is 22.3. The Hall–Kier alpha value is -1.45. The SMILES string of the molecule is CCCC/C=C/CCCCCCCCCOC(=O)c1cccc(S(=O)(=O)[O-])c1C(=O)OCCCCCCCCC/C=C/CCCC.[Na+]. The van der Waals surface area contributed by atoms with Crippen LogP contribution in [0.2, 0.25) is 0 Å². The Morgan fingerprint density at radius 1 is 0.596 bits per heavy atom. The number of rotatable bonds is 29. The average Bonchev–Trinajstić information content (AvgIpc) is 3.04. The van der Waals surface area contributed by atoms with Crippen LogP contribution >= 0.6 is 0 Å². The van der Waals surface area contributed by atoms with Crippen LogP contribution in [0.5, 0.6) is 0 Å². The van der Waals surface area contributed by atoms with Gasteiger partial charge in [-0.3, -0.25) is 0 Å². The molecule has 1 aromatic carbocycles. The predicted molar refractivity (Wildman–Crippen MR) is 186 cm³/mol. The second-order valence-electron chi connectivity index (χ2n) is 12.2. The first kappa shape index (κ1) is 45.6. The van der Waals surface area contributed by atoms with Crippen molar-refractivity contribution in [1.82, 2.24) is 0 Å². The molecule has 0 bridgehead atoms. The van der Waals surface area contributed by atoms with E-state index in [0.29, 0.717) is 12.8 Å². The van der Waals surface area contributed by atoms with Gasteiger partial charge < -0.3 is 14.0 Å². The molecule has 0 heterocycles. The zero-order valence-corrected chi connectivity index (χ0v) is 32.6. The molecule has 0 atom stereocenters. The minimum Gasteiger partial charge on any atom is -0.744 e. The summed E-state index contributed by atoms with van der Waals surface area (Å²) >= 11 is 0. The van der Waals surface area contributed by atoms with Gasteiger partial charge in [0.05, 0.1) is 29.2 Å². The van der Waals surface area contributed by atoms with Gasteiger partial charge in [-0.1, -0.05) is 134 Å². The number of benzene rings is 1. The molecule has 0 amide bonds. The van der Waals surface area contributed by atoms with Gasteiger partial charge in [-0.15, -0.1) is 0 Å². The van der Waals surface area contributed by atoms with Gasteiger partial charge >= 0.3 is 41.5 Å². The fraction of sp³-hybridized carbons (Fsp3) is 0.684. The van der Waals surface area contributed by atoms with Gasteiger partial charge in [0.15, 0.2) is 0 Å². The Morgan fingerprint density at radius 3 is 1.40 bits per heavy atom. The summed E-state index contributed by atoms with van der Waals surface area (Å²) < 4.78 is 46.4. The summed E-state index contributed by atoms with van der Waals surface area (Å²) in [6.07, 6.45) is 33.3. The van der Waals surface area contributed by atoms with E-state index in [2.05, 4.69) is 38.2 Å². The van der Waals surface area contributed by atoms with Crippen molar-refractivity contribution in [3.63, 3.8) is 0 Å². The van der Waals surface area contributed by atoms with E-state index in [0.717, 1.165) is 57.4 Å². The first-order valence-corrected chi connectivity index (χ1v) is 19.5. The maximum absolute atomic E-state index is 12.9. The Morgan fingerprint density at radius 2 is 0.979 bits per heavy atom. The van der Waals surface area contributed by atoms with Crippen molar-refractivity contribution in [2.24, 2.45) is 0 Å². The van der Waals surface area contributed by atoms with Crippen molar-refractivity contribution in [2.75, 3.05) is 13.2 Å². The molecular weight excluding hydrogens is 623 g/mol. The Balaban J connectivity index is 0.0000212. The molecule has 0 radical (unpaired) electrons. The Bertz CT molecular complexity index is 1120. The van der Waals surface area contributed by atoms with Gasteiger partial charge in [-0.2, -0.15) is 0 Å². The topological polar surface area (TPSA) is 110 Å². The van der Waals surface area contributed by atoms with Gasteiger partial charge in [0.1, 0.15) is 10.1 Å². The smallest absolute Gasteiger partial charge is 0.744 e. The van der Waals surface area contributed by atoms with E-state index in [9.17, 15) is 22.6 Å². The van der Waals surface area contributed by atoms with E-state index in [1.807, 2.05) is 0 Å². The molecule has 0 spiro atoms. The molecule has 0 unspecified atom stereocenters. The molecule has 0 aliphatic rings. The minimum absolute atomic E-state index is 0. The third-order valence-electron chi connectivity index (χ3n) is 8.00. The molecule has 262 valence electrons. The van der Waals surface area contributed by atoms with Crippen LogP contribution in [0.3, 0.4) is 0 Å². The molecule has 0 aliphatic heterocycles. The fourth-order valence-electron chi connectivity index (χ4n) is 5.21. The summed E-state index contributed by atoms with van der Waals surface area (Å²) in [5.74, 6) is -1.83. The third-order valence-corrected chi connectivity index (χ3v) is 8.88.